The number of thioether (sulfide) groups is 1. The Hall–Kier alpha value is -0.520. The van der Waals surface area contributed by atoms with Crippen LogP contribution in [0.5, 0.6) is 0 Å². The van der Waals surface area contributed by atoms with Gasteiger partial charge in [-0.3, -0.25) is 4.99 Å². The average Bonchev–Trinajstić information content (AvgIpc) is 3.11. The van der Waals surface area contributed by atoms with Gasteiger partial charge in [-0.15, -0.1) is 11.8 Å². The largest absolute Gasteiger partial charge is 0.396 e. The molecule has 0 saturated heterocycles. The highest BCUT2D eigenvalue weighted by molar-refractivity contribution is 7.98. The van der Waals surface area contributed by atoms with Crippen LogP contribution in [0.3, 0.4) is 0 Å². The third-order valence-electron chi connectivity index (χ3n) is 5.11. The maximum atomic E-state index is 9.87. The molecule has 1 aromatic rings. The summed E-state index contributed by atoms with van der Waals surface area (Å²) in [7, 11) is 0. The maximum Gasteiger partial charge on any atom is 0.192 e. The van der Waals surface area contributed by atoms with Crippen LogP contribution in [0.4, 0.5) is 0 Å². The minimum atomic E-state index is -1.22. The fourth-order valence-corrected chi connectivity index (χ4v) is 5.46. The highest BCUT2D eigenvalue weighted by Gasteiger charge is 2.57. The van der Waals surface area contributed by atoms with Crippen LogP contribution in [-0.2, 0) is 10.2 Å². The number of ether oxygens (including phenoxy) is 1. The van der Waals surface area contributed by atoms with Crippen LogP contribution in [-0.4, -0.2) is 35.3 Å². The lowest BCUT2D eigenvalue weighted by molar-refractivity contribution is -0.0351. The molecule has 1 heterocycles. The molecule has 1 fully saturated rings. The van der Waals surface area contributed by atoms with Crippen LogP contribution in [0.1, 0.15) is 37.7 Å². The second kappa shape index (κ2) is 8.01. The monoisotopic (exact) mass is 399 g/mol. The summed E-state index contributed by atoms with van der Waals surface area (Å²) in [4.78, 5) is 5.31. The number of benzene rings is 1. The van der Waals surface area contributed by atoms with Crippen molar-refractivity contribution in [2.45, 2.75) is 53.6 Å². The summed E-state index contributed by atoms with van der Waals surface area (Å²) in [5, 5.41) is 9.15. The Morgan fingerprint density at radius 3 is 2.72 bits per heavy atom. The van der Waals surface area contributed by atoms with E-state index in [1.54, 1.807) is 24.2 Å². The van der Waals surface area contributed by atoms with Crippen molar-refractivity contribution in [3.63, 3.8) is 0 Å². The molecule has 0 bridgehead atoms. The first-order chi connectivity index (χ1) is 12.1. The highest BCUT2D eigenvalue weighted by atomic mass is 35.5. The number of aliphatic hydroxyl groups excluding tert-OH is 1. The van der Waals surface area contributed by atoms with E-state index in [-0.39, 0.29) is 12.7 Å². The number of hydrogen-bond acceptors (Lipinski definition) is 4. The molecular weight excluding hydrogens is 377 g/mol. The molecule has 25 heavy (non-hydrogen) atoms. The van der Waals surface area contributed by atoms with Crippen molar-refractivity contribution in [1.29, 1.82) is 0 Å². The van der Waals surface area contributed by atoms with Crippen LogP contribution in [0.25, 0.3) is 0 Å². The molecule has 2 unspecified atom stereocenters. The predicted octanol–water partition coefficient (Wildman–Crippen LogP) is 5.09. The summed E-state index contributed by atoms with van der Waals surface area (Å²) in [5.41, 5.74) is 0.103. The standard InChI is InChI=1S/C19H23Cl2NO2S/c1-25-16-9-5-4-8-15(16)18(10-11-23)17(20)12-22-13-19(18,21)24-14-6-2-3-7-14/h4-5,8-9,12-14,23H,2-3,6-7,10-11H2,1H3. The minimum Gasteiger partial charge on any atom is -0.396 e. The van der Waals surface area contributed by atoms with Crippen molar-refractivity contribution >= 4 is 41.2 Å². The Kier molecular flexibility index (Phi) is 6.17. The average molecular weight is 400 g/mol. The van der Waals surface area contributed by atoms with Crippen molar-refractivity contribution in [3.8, 4) is 0 Å². The molecule has 1 saturated carbocycles. The predicted molar refractivity (Wildman–Crippen MR) is 106 cm³/mol. The minimum absolute atomic E-state index is 0.0525. The lowest BCUT2D eigenvalue weighted by Gasteiger charge is -2.47. The SMILES string of the molecule is CSc1ccccc1C1(CCO)C(Cl)=CN=CC1(Cl)OC1CCCC1. The van der Waals surface area contributed by atoms with E-state index in [4.69, 9.17) is 27.9 Å². The maximum absolute atomic E-state index is 9.87. The van der Waals surface area contributed by atoms with Gasteiger partial charge in [0, 0.05) is 17.7 Å². The Morgan fingerprint density at radius 1 is 1.32 bits per heavy atom. The van der Waals surface area contributed by atoms with Gasteiger partial charge in [0.1, 0.15) is 0 Å². The van der Waals surface area contributed by atoms with Gasteiger partial charge in [0.15, 0.2) is 5.06 Å². The molecule has 0 spiro atoms. The fraction of sp³-hybridized carbons (Fsp3) is 0.526. The molecule has 1 aromatic carbocycles. The van der Waals surface area contributed by atoms with E-state index in [0.29, 0.717) is 11.5 Å². The van der Waals surface area contributed by atoms with E-state index in [1.165, 1.54) is 0 Å². The zero-order chi connectivity index (χ0) is 17.9. The first-order valence-corrected chi connectivity index (χ1v) is 10.6. The van der Waals surface area contributed by atoms with Gasteiger partial charge >= 0.3 is 0 Å². The van der Waals surface area contributed by atoms with Gasteiger partial charge in [-0.1, -0.05) is 54.2 Å². The molecule has 6 heteroatoms. The number of aliphatic hydroxyl groups is 1. The van der Waals surface area contributed by atoms with Crippen LogP contribution < -0.4 is 0 Å². The summed E-state index contributed by atoms with van der Waals surface area (Å²) >= 11 is 15.4. The molecule has 1 aliphatic carbocycles. The summed E-state index contributed by atoms with van der Waals surface area (Å²) in [6.07, 6.45) is 10.0. The van der Waals surface area contributed by atoms with Gasteiger partial charge in [0.05, 0.1) is 22.8 Å². The molecule has 3 rings (SSSR count). The van der Waals surface area contributed by atoms with Gasteiger partial charge in [-0.05, 0) is 37.1 Å². The van der Waals surface area contributed by atoms with Crippen LogP contribution in [0.15, 0.2) is 45.4 Å². The molecule has 2 aliphatic rings. The van der Waals surface area contributed by atoms with Gasteiger partial charge in [-0.25, -0.2) is 0 Å². The normalized spacial score (nSPS) is 29.8. The smallest absolute Gasteiger partial charge is 0.192 e. The Labute approximate surface area is 163 Å². The Morgan fingerprint density at radius 2 is 2.04 bits per heavy atom. The molecule has 0 amide bonds. The molecular formula is C19H23Cl2NO2S. The van der Waals surface area contributed by atoms with E-state index < -0.39 is 10.5 Å². The van der Waals surface area contributed by atoms with Crippen molar-refractivity contribution in [3.05, 3.63) is 41.1 Å². The number of alkyl halides is 1. The summed E-state index contributed by atoms with van der Waals surface area (Å²) in [5.74, 6) is 0. The van der Waals surface area contributed by atoms with Gasteiger partial charge in [-0.2, -0.15) is 0 Å². The third kappa shape index (κ3) is 3.40. The summed E-state index contributed by atoms with van der Waals surface area (Å²) in [6, 6.07) is 8.02. The topological polar surface area (TPSA) is 41.8 Å². The zero-order valence-electron chi connectivity index (χ0n) is 14.3. The number of nitrogens with zero attached hydrogens (tertiary/aromatic N) is 1. The van der Waals surface area contributed by atoms with Crippen LogP contribution >= 0.6 is 35.0 Å². The lowest BCUT2D eigenvalue weighted by atomic mass is 9.71. The third-order valence-corrected chi connectivity index (χ3v) is 6.84. The summed E-state index contributed by atoms with van der Waals surface area (Å²) in [6.45, 7) is -0.0525. The zero-order valence-corrected chi connectivity index (χ0v) is 16.6. The van der Waals surface area contributed by atoms with Crippen molar-refractivity contribution < 1.29 is 9.84 Å². The van der Waals surface area contributed by atoms with E-state index in [0.717, 1.165) is 36.1 Å². The van der Waals surface area contributed by atoms with E-state index in [1.807, 2.05) is 30.5 Å². The van der Waals surface area contributed by atoms with Gasteiger partial charge < -0.3 is 9.84 Å². The van der Waals surface area contributed by atoms with Crippen molar-refractivity contribution in [1.82, 2.24) is 0 Å². The lowest BCUT2D eigenvalue weighted by Crippen LogP contribution is -2.54. The van der Waals surface area contributed by atoms with Crippen LogP contribution in [0, 0.1) is 0 Å². The number of hydrogen-bond donors (Lipinski definition) is 1. The van der Waals surface area contributed by atoms with Crippen LogP contribution in [0.2, 0.25) is 0 Å². The molecule has 136 valence electrons. The quantitative estimate of drug-likeness (QED) is 0.534. The van der Waals surface area contributed by atoms with E-state index >= 15 is 0 Å². The molecule has 0 radical (unpaired) electrons. The highest BCUT2D eigenvalue weighted by Crippen LogP contribution is 2.54. The second-order valence-corrected chi connectivity index (χ2v) is 8.32. The number of aliphatic imine (C=N–C) groups is 1. The number of rotatable bonds is 6. The molecule has 0 aromatic heterocycles. The van der Waals surface area contributed by atoms with E-state index in [9.17, 15) is 5.11 Å². The van der Waals surface area contributed by atoms with Crippen molar-refractivity contribution in [2.24, 2.45) is 4.99 Å². The van der Waals surface area contributed by atoms with E-state index in [2.05, 4.69) is 4.99 Å². The first-order valence-electron chi connectivity index (χ1n) is 8.59. The molecule has 1 N–H and O–H groups in total. The second-order valence-electron chi connectivity index (χ2n) is 6.50. The Balaban J connectivity index is 2.14. The molecule has 3 nitrogen and oxygen atoms in total. The molecule has 1 aliphatic heterocycles. The van der Waals surface area contributed by atoms with Gasteiger partial charge in [0.2, 0.25) is 0 Å². The Bertz CT molecular complexity index is 675. The summed E-state index contributed by atoms with van der Waals surface area (Å²) < 4.78 is 6.40. The first kappa shape index (κ1) is 19.2. The fourth-order valence-electron chi connectivity index (χ4n) is 3.86. The van der Waals surface area contributed by atoms with Gasteiger partial charge in [0.25, 0.3) is 0 Å². The number of halogens is 2. The molecule has 2 atom stereocenters. The van der Waals surface area contributed by atoms with Crippen molar-refractivity contribution in [2.75, 3.05) is 12.9 Å².